The summed E-state index contributed by atoms with van der Waals surface area (Å²) in [5, 5.41) is 19.5. The second kappa shape index (κ2) is 16.5. The average Bonchev–Trinajstić information content (AvgIpc) is 3.04. The minimum absolute atomic E-state index is 0. The first-order chi connectivity index (χ1) is 14.2. The monoisotopic (exact) mass is 469 g/mol. The molecule has 0 aromatic rings. The first-order valence-electron chi connectivity index (χ1n) is 11.1. The van der Waals surface area contributed by atoms with Crippen molar-refractivity contribution in [1.29, 1.82) is 0 Å². The van der Waals surface area contributed by atoms with Crippen molar-refractivity contribution in [2.75, 3.05) is 38.5 Å². The predicted octanol–water partition coefficient (Wildman–Crippen LogP) is -1.23. The molecule has 0 aliphatic carbocycles. The van der Waals surface area contributed by atoms with Gasteiger partial charge in [-0.3, -0.25) is 9.28 Å². The van der Waals surface area contributed by atoms with Crippen molar-refractivity contribution in [3.63, 3.8) is 0 Å². The van der Waals surface area contributed by atoms with Crippen molar-refractivity contribution >= 4 is 21.7 Å². The molecule has 0 amide bonds. The summed E-state index contributed by atoms with van der Waals surface area (Å²) in [5.41, 5.74) is 0. The van der Waals surface area contributed by atoms with Crippen LogP contribution in [0, 0.1) is 0 Å². The fourth-order valence-corrected chi connectivity index (χ4v) is 4.52. The van der Waals surface area contributed by atoms with Gasteiger partial charge < -0.3 is 14.8 Å². The van der Waals surface area contributed by atoms with Crippen LogP contribution >= 0.6 is 0 Å². The Morgan fingerprint density at radius 2 is 1.84 bits per heavy atom. The second-order valence-corrected chi connectivity index (χ2v) is 9.54. The molecule has 0 bridgehead atoms. The molecule has 2 unspecified atom stereocenters. The zero-order valence-corrected chi connectivity index (χ0v) is 22.0. The maximum absolute atomic E-state index is 12.7. The molecule has 1 rings (SSSR count). The van der Waals surface area contributed by atoms with Crippen molar-refractivity contribution in [2.45, 2.75) is 70.8 Å². The molecule has 1 aliphatic heterocycles. The number of unbranched alkanes of at least 4 members (excludes halogenated alkanes) is 7. The summed E-state index contributed by atoms with van der Waals surface area (Å²) in [6, 6.07) is 0. The molecule has 1 heterocycles. The van der Waals surface area contributed by atoms with Crippen molar-refractivity contribution in [3.8, 4) is 0 Å². The van der Waals surface area contributed by atoms with Crippen LogP contribution in [0.5, 0.6) is 0 Å². The van der Waals surface area contributed by atoms with E-state index in [2.05, 4.69) is 11.9 Å². The molecule has 0 saturated heterocycles. The molecule has 31 heavy (non-hydrogen) atoms. The number of aliphatic imine (C=N–C) groups is 1. The molecular formula is C21H38N2NaO6S+. The molecule has 0 aromatic heterocycles. The molecule has 8 nitrogen and oxygen atoms in total. The van der Waals surface area contributed by atoms with Crippen molar-refractivity contribution in [1.82, 2.24) is 0 Å². The number of Topliss-reactive ketones (excluding diaryl/α,β-unsaturated/α-hetero) is 1. The smallest absolute Gasteiger partial charge is 0.748 e. The number of aliphatic hydroxyl groups is 2. The molecular weight excluding hydrogens is 431 g/mol. The molecule has 2 atom stereocenters. The number of nitrogens with zero attached hydrogens (tertiary/aromatic N) is 2. The number of carbonyl (C=O) groups excluding carboxylic acids is 1. The summed E-state index contributed by atoms with van der Waals surface area (Å²) >= 11 is 0. The zero-order valence-electron chi connectivity index (χ0n) is 19.2. The molecule has 0 saturated carbocycles. The second-order valence-electron chi connectivity index (χ2n) is 8.09. The summed E-state index contributed by atoms with van der Waals surface area (Å²) in [5.74, 6) is -0.876. The van der Waals surface area contributed by atoms with Gasteiger partial charge in [-0.15, -0.1) is 0 Å². The van der Waals surface area contributed by atoms with Gasteiger partial charge >= 0.3 is 29.6 Å². The summed E-state index contributed by atoms with van der Waals surface area (Å²) < 4.78 is 32.7. The largest absolute Gasteiger partial charge is 1.00 e. The van der Waals surface area contributed by atoms with E-state index in [0.717, 1.165) is 12.8 Å². The van der Waals surface area contributed by atoms with Gasteiger partial charge in [0.2, 0.25) is 5.78 Å². The summed E-state index contributed by atoms with van der Waals surface area (Å²) in [6.45, 7) is 2.72. The van der Waals surface area contributed by atoms with Gasteiger partial charge in [-0.2, -0.15) is 0 Å². The molecule has 10 heteroatoms. The fraction of sp³-hybridized carbons (Fsp3) is 0.810. The summed E-state index contributed by atoms with van der Waals surface area (Å²) in [6.07, 6.45) is 12.2. The van der Waals surface area contributed by atoms with Crippen LogP contribution in [-0.2, 0) is 14.9 Å². The van der Waals surface area contributed by atoms with Crippen LogP contribution in [0.1, 0.15) is 64.7 Å². The topological polar surface area (TPSA) is 127 Å². The number of hydrogen-bond donors (Lipinski definition) is 2. The molecule has 0 spiro atoms. The van der Waals surface area contributed by atoms with Crippen LogP contribution in [0.2, 0.25) is 0 Å². The van der Waals surface area contributed by atoms with Gasteiger partial charge in [0, 0.05) is 6.42 Å². The van der Waals surface area contributed by atoms with Crippen molar-refractivity contribution < 1.29 is 62.0 Å². The molecule has 0 fully saturated rings. The third-order valence-corrected chi connectivity index (χ3v) is 6.21. The van der Waals surface area contributed by atoms with E-state index in [0.29, 0.717) is 13.1 Å². The number of hydrogen-bond acceptors (Lipinski definition) is 7. The van der Waals surface area contributed by atoms with Gasteiger partial charge in [0.1, 0.15) is 25.7 Å². The maximum Gasteiger partial charge on any atom is 1.00 e. The Hall–Kier alpha value is -0.130. The van der Waals surface area contributed by atoms with Gasteiger partial charge in [0.05, 0.1) is 29.0 Å². The summed E-state index contributed by atoms with van der Waals surface area (Å²) in [7, 11) is -4.59. The van der Waals surface area contributed by atoms with E-state index < -0.39 is 22.0 Å². The SMILES string of the molecule is CCCCCCCCC/C=C/CC(=O)C1=NCC[N+]1(CCO)CC(O)CS(=O)(=O)[O-].[Na+]. The van der Waals surface area contributed by atoms with Crippen molar-refractivity contribution in [2.24, 2.45) is 4.99 Å². The van der Waals surface area contributed by atoms with E-state index in [-0.39, 0.29) is 71.8 Å². The van der Waals surface area contributed by atoms with Crippen LogP contribution in [0.3, 0.4) is 0 Å². The Morgan fingerprint density at radius 1 is 1.19 bits per heavy atom. The van der Waals surface area contributed by atoms with Gasteiger partial charge in [-0.1, -0.05) is 57.6 Å². The number of aliphatic hydroxyl groups excluding tert-OH is 2. The van der Waals surface area contributed by atoms with E-state index in [4.69, 9.17) is 0 Å². The maximum atomic E-state index is 12.7. The molecule has 174 valence electrons. The van der Waals surface area contributed by atoms with E-state index in [1.54, 1.807) is 0 Å². The first kappa shape index (κ1) is 30.9. The number of ketones is 1. The fourth-order valence-electron chi connectivity index (χ4n) is 3.94. The van der Waals surface area contributed by atoms with E-state index >= 15 is 0 Å². The van der Waals surface area contributed by atoms with Crippen LogP contribution in [0.15, 0.2) is 17.1 Å². The molecule has 2 N–H and O–H groups in total. The standard InChI is InChI=1S/C21H38N2O6S.Na/c1-2-3-4-5-6-7-8-9-10-11-12-20(26)21-22-13-14-23(21,15-16-24)17-19(25)18-30(27,28)29;/h10-11,19,24-25H,2-9,12-18H2,1H3;/q;+1/b11-10+;. The van der Waals surface area contributed by atoms with Gasteiger partial charge in [-0.05, 0) is 12.8 Å². The van der Waals surface area contributed by atoms with Crippen LogP contribution < -0.4 is 29.6 Å². The Balaban J connectivity index is 0.00000900. The summed E-state index contributed by atoms with van der Waals surface area (Å²) in [4.78, 5) is 17.0. The van der Waals surface area contributed by atoms with Crippen LogP contribution in [-0.4, -0.2) is 83.9 Å². The molecule has 0 aromatic carbocycles. The first-order valence-corrected chi connectivity index (χ1v) is 12.6. The minimum Gasteiger partial charge on any atom is -0.748 e. The number of quaternary nitrogens is 1. The third kappa shape index (κ3) is 12.6. The third-order valence-electron chi connectivity index (χ3n) is 5.42. The van der Waals surface area contributed by atoms with E-state index in [1.807, 2.05) is 12.2 Å². The quantitative estimate of drug-likeness (QED) is 0.0903. The number of amidine groups is 1. The van der Waals surface area contributed by atoms with E-state index in [9.17, 15) is 28.0 Å². The van der Waals surface area contributed by atoms with Crippen LogP contribution in [0.4, 0.5) is 0 Å². The van der Waals surface area contributed by atoms with Gasteiger partial charge in [0.15, 0.2) is 0 Å². The van der Waals surface area contributed by atoms with Gasteiger partial charge in [0.25, 0.3) is 5.84 Å². The number of allylic oxidation sites excluding steroid dienone is 2. The molecule has 1 aliphatic rings. The Labute approximate surface area is 209 Å². The van der Waals surface area contributed by atoms with Crippen molar-refractivity contribution in [3.05, 3.63) is 12.2 Å². The van der Waals surface area contributed by atoms with Crippen LogP contribution in [0.25, 0.3) is 0 Å². The molecule has 0 radical (unpaired) electrons. The predicted molar refractivity (Wildman–Crippen MR) is 116 cm³/mol. The Bertz CT molecular complexity index is 683. The van der Waals surface area contributed by atoms with Gasteiger partial charge in [-0.25, -0.2) is 13.4 Å². The number of carbonyl (C=O) groups is 1. The number of rotatable bonds is 17. The zero-order chi connectivity index (χ0) is 22.5. The normalized spacial score (nSPS) is 19.9. The minimum atomic E-state index is -4.59. The Morgan fingerprint density at radius 3 is 2.45 bits per heavy atom. The average molecular weight is 470 g/mol. The van der Waals surface area contributed by atoms with E-state index in [1.165, 1.54) is 38.5 Å². The Kier molecular flexibility index (Phi) is 16.4.